The number of carbonyl (C=O) groups is 2. The quantitative estimate of drug-likeness (QED) is 0.825. The molecule has 1 aliphatic rings. The predicted molar refractivity (Wildman–Crippen MR) is 69.1 cm³/mol. The lowest BCUT2D eigenvalue weighted by Gasteiger charge is -2.05. The number of rotatable bonds is 6. The Morgan fingerprint density at radius 2 is 2.26 bits per heavy atom. The molecule has 1 heterocycles. The fourth-order valence-electron chi connectivity index (χ4n) is 2.43. The van der Waals surface area contributed by atoms with Gasteiger partial charge in [-0.25, -0.2) is 0 Å². The first-order valence-electron chi connectivity index (χ1n) is 6.62. The van der Waals surface area contributed by atoms with Crippen molar-refractivity contribution >= 4 is 11.9 Å². The second kappa shape index (κ2) is 5.47. The van der Waals surface area contributed by atoms with Crippen molar-refractivity contribution in [3.05, 3.63) is 23.2 Å². The van der Waals surface area contributed by atoms with Crippen molar-refractivity contribution in [3.8, 4) is 0 Å². The van der Waals surface area contributed by atoms with Crippen molar-refractivity contribution in [1.82, 2.24) is 5.32 Å². The van der Waals surface area contributed by atoms with Gasteiger partial charge in [0, 0.05) is 11.6 Å². The van der Waals surface area contributed by atoms with Crippen LogP contribution in [0.4, 0.5) is 0 Å². The first-order valence-corrected chi connectivity index (χ1v) is 6.62. The van der Waals surface area contributed by atoms with E-state index in [1.807, 2.05) is 0 Å². The molecule has 1 aromatic rings. The molecule has 1 saturated carbocycles. The van der Waals surface area contributed by atoms with Gasteiger partial charge in [0.15, 0.2) is 0 Å². The van der Waals surface area contributed by atoms with Crippen molar-refractivity contribution in [1.29, 1.82) is 0 Å². The fraction of sp³-hybridized carbons (Fsp3) is 0.571. The number of aryl methyl sites for hydroxylation is 1. The molecule has 2 unspecified atom stereocenters. The molecule has 19 heavy (non-hydrogen) atoms. The fourth-order valence-corrected chi connectivity index (χ4v) is 2.43. The van der Waals surface area contributed by atoms with E-state index in [0.717, 1.165) is 19.3 Å². The highest BCUT2D eigenvalue weighted by Gasteiger charge is 2.38. The van der Waals surface area contributed by atoms with Crippen LogP contribution in [-0.4, -0.2) is 23.0 Å². The van der Waals surface area contributed by atoms with Crippen LogP contribution >= 0.6 is 0 Å². The van der Waals surface area contributed by atoms with Gasteiger partial charge in [0.05, 0.1) is 11.8 Å². The highest BCUT2D eigenvalue weighted by molar-refractivity contribution is 5.97. The summed E-state index contributed by atoms with van der Waals surface area (Å²) in [4.78, 5) is 22.9. The van der Waals surface area contributed by atoms with Crippen molar-refractivity contribution in [2.24, 2.45) is 5.92 Å². The monoisotopic (exact) mass is 265 g/mol. The predicted octanol–water partition coefficient (Wildman–Crippen LogP) is 2.13. The molecule has 2 N–H and O–H groups in total. The molecule has 0 spiro atoms. The lowest BCUT2D eigenvalue weighted by atomic mass is 10.1. The van der Waals surface area contributed by atoms with E-state index in [1.54, 1.807) is 6.92 Å². The van der Waals surface area contributed by atoms with E-state index < -0.39 is 5.97 Å². The second-order valence-corrected chi connectivity index (χ2v) is 5.15. The average molecular weight is 265 g/mol. The maximum atomic E-state index is 12.2. The molecule has 104 valence electrons. The van der Waals surface area contributed by atoms with Gasteiger partial charge in [-0.2, -0.15) is 0 Å². The average Bonchev–Trinajstić information content (AvgIpc) is 2.93. The van der Waals surface area contributed by atoms with Gasteiger partial charge in [-0.3, -0.25) is 9.59 Å². The van der Waals surface area contributed by atoms with Gasteiger partial charge in [0.2, 0.25) is 0 Å². The number of amides is 1. The Kier molecular flexibility index (Phi) is 3.93. The number of carboxylic acid groups (broad SMARTS) is 1. The zero-order valence-electron chi connectivity index (χ0n) is 11.2. The number of furan rings is 1. The van der Waals surface area contributed by atoms with E-state index in [1.165, 1.54) is 6.26 Å². The third-order valence-electron chi connectivity index (χ3n) is 3.49. The number of aliphatic carboxylic acids is 1. The number of carboxylic acids is 1. The molecule has 0 bridgehead atoms. The number of hydrogen-bond acceptors (Lipinski definition) is 3. The van der Waals surface area contributed by atoms with Crippen LogP contribution in [0, 0.1) is 12.8 Å². The van der Waals surface area contributed by atoms with Gasteiger partial charge in [-0.1, -0.05) is 13.3 Å². The molecule has 1 amide bonds. The van der Waals surface area contributed by atoms with Crippen LogP contribution in [0.2, 0.25) is 0 Å². The van der Waals surface area contributed by atoms with E-state index in [4.69, 9.17) is 9.52 Å². The molecular formula is C14H19NO4. The smallest absolute Gasteiger partial charge is 0.311 e. The van der Waals surface area contributed by atoms with Gasteiger partial charge in [0.1, 0.15) is 12.2 Å². The summed E-state index contributed by atoms with van der Waals surface area (Å²) in [6.45, 7) is 3.88. The Hall–Kier alpha value is -1.78. The van der Waals surface area contributed by atoms with E-state index in [9.17, 15) is 9.59 Å². The zero-order chi connectivity index (χ0) is 14.0. The van der Waals surface area contributed by atoms with Crippen LogP contribution in [0.1, 0.15) is 47.9 Å². The molecular weight excluding hydrogens is 246 g/mol. The molecule has 1 aromatic heterocycles. The van der Waals surface area contributed by atoms with E-state index in [2.05, 4.69) is 12.2 Å². The summed E-state index contributed by atoms with van der Waals surface area (Å²) >= 11 is 0. The third-order valence-corrected chi connectivity index (χ3v) is 3.49. The highest BCUT2D eigenvalue weighted by atomic mass is 16.4. The van der Waals surface area contributed by atoms with Crippen LogP contribution < -0.4 is 5.32 Å². The van der Waals surface area contributed by atoms with Crippen LogP contribution in [0.3, 0.4) is 0 Å². The summed E-state index contributed by atoms with van der Waals surface area (Å²) in [6.07, 6.45) is 4.43. The van der Waals surface area contributed by atoms with Gasteiger partial charge >= 0.3 is 5.97 Å². The lowest BCUT2D eigenvalue weighted by Crippen LogP contribution is -2.28. The molecule has 0 aliphatic heterocycles. The SMILES string of the molecule is CCCC1CC1NC(=O)c1c(C)coc1CC(=O)O. The van der Waals surface area contributed by atoms with Crippen LogP contribution in [0.5, 0.6) is 0 Å². The highest BCUT2D eigenvalue weighted by Crippen LogP contribution is 2.35. The molecule has 0 aromatic carbocycles. The van der Waals surface area contributed by atoms with Crippen LogP contribution in [-0.2, 0) is 11.2 Å². The minimum absolute atomic E-state index is 0.217. The standard InChI is InChI=1S/C14H19NO4/c1-3-4-9-5-10(9)15-14(18)13-8(2)7-19-11(13)6-12(16)17/h7,9-10H,3-6H2,1-2H3,(H,15,18)(H,16,17). The normalized spacial score (nSPS) is 21.2. The molecule has 5 heteroatoms. The minimum Gasteiger partial charge on any atom is -0.481 e. The Morgan fingerprint density at radius 3 is 2.89 bits per heavy atom. The Morgan fingerprint density at radius 1 is 1.53 bits per heavy atom. The molecule has 1 fully saturated rings. The number of hydrogen-bond donors (Lipinski definition) is 2. The van der Waals surface area contributed by atoms with E-state index in [0.29, 0.717) is 17.0 Å². The maximum Gasteiger partial charge on any atom is 0.311 e. The molecule has 2 atom stereocenters. The van der Waals surface area contributed by atoms with Gasteiger partial charge in [-0.05, 0) is 25.7 Å². The second-order valence-electron chi connectivity index (χ2n) is 5.15. The van der Waals surface area contributed by atoms with Crippen molar-refractivity contribution in [3.63, 3.8) is 0 Å². The van der Waals surface area contributed by atoms with E-state index in [-0.39, 0.29) is 24.1 Å². The van der Waals surface area contributed by atoms with Gasteiger partial charge in [-0.15, -0.1) is 0 Å². The summed E-state index contributed by atoms with van der Waals surface area (Å²) in [5.41, 5.74) is 1.06. The summed E-state index contributed by atoms with van der Waals surface area (Å²) in [5.74, 6) is -0.413. The Bertz CT molecular complexity index is 492. The first kappa shape index (κ1) is 13.6. The Labute approximate surface area is 112 Å². The molecule has 0 radical (unpaired) electrons. The van der Waals surface area contributed by atoms with Crippen molar-refractivity contribution in [2.75, 3.05) is 0 Å². The largest absolute Gasteiger partial charge is 0.481 e. The molecule has 1 aliphatic carbocycles. The third kappa shape index (κ3) is 3.16. The van der Waals surface area contributed by atoms with Crippen molar-refractivity contribution in [2.45, 2.75) is 45.6 Å². The van der Waals surface area contributed by atoms with Gasteiger partial charge in [0.25, 0.3) is 5.91 Å². The van der Waals surface area contributed by atoms with Crippen LogP contribution in [0.25, 0.3) is 0 Å². The van der Waals surface area contributed by atoms with Gasteiger partial charge < -0.3 is 14.8 Å². The molecule has 2 rings (SSSR count). The zero-order valence-corrected chi connectivity index (χ0v) is 11.2. The molecule has 0 saturated heterocycles. The molecule has 5 nitrogen and oxygen atoms in total. The summed E-state index contributed by atoms with van der Waals surface area (Å²) in [7, 11) is 0. The Balaban J connectivity index is 2.03. The summed E-state index contributed by atoms with van der Waals surface area (Å²) in [6, 6.07) is 0.236. The minimum atomic E-state index is -1.00. The van der Waals surface area contributed by atoms with Crippen molar-refractivity contribution < 1.29 is 19.1 Å². The first-order chi connectivity index (χ1) is 9.02. The maximum absolute atomic E-state index is 12.2. The summed E-state index contributed by atoms with van der Waals surface area (Å²) in [5, 5.41) is 11.8. The van der Waals surface area contributed by atoms with E-state index >= 15 is 0 Å². The topological polar surface area (TPSA) is 79.5 Å². The lowest BCUT2D eigenvalue weighted by molar-refractivity contribution is -0.136. The summed E-state index contributed by atoms with van der Waals surface area (Å²) < 4.78 is 5.16. The van der Waals surface area contributed by atoms with Crippen LogP contribution in [0.15, 0.2) is 10.7 Å². The number of carbonyl (C=O) groups excluding carboxylic acids is 1. The number of nitrogens with one attached hydrogen (secondary N) is 1.